The van der Waals surface area contributed by atoms with Crippen molar-refractivity contribution in [2.24, 2.45) is 0 Å². The van der Waals surface area contributed by atoms with Crippen molar-refractivity contribution in [3.63, 3.8) is 0 Å². The van der Waals surface area contributed by atoms with Crippen LogP contribution < -0.4 is 4.74 Å². The normalized spacial score (nSPS) is 14.6. The Balaban J connectivity index is 1.37. The molecular formula is C25H18Cl2N2O4S2. The lowest BCUT2D eigenvalue weighted by Gasteiger charge is -2.14. The Bertz CT molecular complexity index is 1330. The Morgan fingerprint density at radius 2 is 1.91 bits per heavy atom. The third-order valence-electron chi connectivity index (χ3n) is 5.03. The zero-order valence-electron chi connectivity index (χ0n) is 18.1. The van der Waals surface area contributed by atoms with Crippen molar-refractivity contribution >= 4 is 69.5 Å². The fourth-order valence-corrected chi connectivity index (χ4v) is 5.11. The first kappa shape index (κ1) is 25.2. The van der Waals surface area contributed by atoms with Crippen molar-refractivity contribution in [3.8, 4) is 17.0 Å². The summed E-state index contributed by atoms with van der Waals surface area (Å²) >= 11 is 18.9. The predicted molar refractivity (Wildman–Crippen MR) is 143 cm³/mol. The topological polar surface area (TPSA) is 79.7 Å². The Kier molecular flexibility index (Phi) is 8.07. The first-order valence-electron chi connectivity index (χ1n) is 10.5. The Morgan fingerprint density at radius 1 is 1.14 bits per heavy atom. The monoisotopic (exact) mass is 544 g/mol. The van der Waals surface area contributed by atoms with Crippen LogP contribution in [0.3, 0.4) is 0 Å². The number of pyridine rings is 1. The molecule has 0 spiro atoms. The minimum atomic E-state index is -0.991. The molecule has 0 atom stereocenters. The molecule has 1 saturated heterocycles. The van der Waals surface area contributed by atoms with E-state index in [1.165, 1.54) is 23.9 Å². The number of hydrogen-bond acceptors (Lipinski definition) is 6. The van der Waals surface area contributed by atoms with Crippen LogP contribution in [0.4, 0.5) is 0 Å². The summed E-state index contributed by atoms with van der Waals surface area (Å²) in [5.41, 5.74) is 2.22. The van der Waals surface area contributed by atoms with Gasteiger partial charge in [0, 0.05) is 17.1 Å². The SMILES string of the molecule is O=C(O)c1ccc(OCCCN2C(=O)/C(=C/c3cccc(-c4ccc(Cl)cc4Cl)n3)SC2=S)cc1. The molecule has 1 N–H and O–H groups in total. The van der Waals surface area contributed by atoms with Crippen LogP contribution in [-0.2, 0) is 4.79 Å². The summed E-state index contributed by atoms with van der Waals surface area (Å²) in [6.07, 6.45) is 2.27. The average molecular weight is 545 g/mol. The number of nitrogens with zero attached hydrogens (tertiary/aromatic N) is 2. The zero-order valence-corrected chi connectivity index (χ0v) is 21.3. The summed E-state index contributed by atoms with van der Waals surface area (Å²) in [5.74, 6) is -0.607. The molecule has 2 heterocycles. The van der Waals surface area contributed by atoms with Gasteiger partial charge in [0.25, 0.3) is 5.91 Å². The average Bonchev–Trinajstić information content (AvgIpc) is 3.09. The van der Waals surface area contributed by atoms with E-state index in [1.807, 2.05) is 18.2 Å². The van der Waals surface area contributed by atoms with E-state index in [-0.39, 0.29) is 11.5 Å². The van der Waals surface area contributed by atoms with Gasteiger partial charge in [0.15, 0.2) is 0 Å². The van der Waals surface area contributed by atoms with Crippen molar-refractivity contribution in [2.45, 2.75) is 6.42 Å². The molecule has 1 aliphatic heterocycles. The summed E-state index contributed by atoms with van der Waals surface area (Å²) in [6.45, 7) is 0.761. The number of thiocarbonyl (C=S) groups is 1. The molecule has 1 amide bonds. The number of ether oxygens (including phenoxy) is 1. The van der Waals surface area contributed by atoms with Crippen molar-refractivity contribution in [1.82, 2.24) is 9.88 Å². The number of amides is 1. The van der Waals surface area contributed by atoms with Gasteiger partial charge in [-0.1, -0.05) is 53.2 Å². The summed E-state index contributed by atoms with van der Waals surface area (Å²) in [7, 11) is 0. The zero-order chi connectivity index (χ0) is 24.9. The van der Waals surface area contributed by atoms with E-state index in [0.29, 0.717) is 56.0 Å². The fraction of sp³-hybridized carbons (Fsp3) is 0.120. The predicted octanol–water partition coefficient (Wildman–Crippen LogP) is 6.42. The van der Waals surface area contributed by atoms with Gasteiger partial charge in [0.05, 0.1) is 33.5 Å². The lowest BCUT2D eigenvalue weighted by molar-refractivity contribution is -0.122. The van der Waals surface area contributed by atoms with Crippen molar-refractivity contribution in [3.05, 3.63) is 86.9 Å². The number of aromatic nitrogens is 1. The first-order valence-corrected chi connectivity index (χ1v) is 12.4. The van der Waals surface area contributed by atoms with E-state index in [4.69, 9.17) is 45.3 Å². The number of benzene rings is 2. The molecule has 6 nitrogen and oxygen atoms in total. The van der Waals surface area contributed by atoms with E-state index in [9.17, 15) is 9.59 Å². The largest absolute Gasteiger partial charge is 0.494 e. The number of carboxylic acid groups (broad SMARTS) is 1. The van der Waals surface area contributed by atoms with E-state index in [2.05, 4.69) is 4.98 Å². The smallest absolute Gasteiger partial charge is 0.335 e. The van der Waals surface area contributed by atoms with Crippen LogP contribution in [0.15, 0.2) is 65.6 Å². The number of carbonyl (C=O) groups is 2. The highest BCUT2D eigenvalue weighted by molar-refractivity contribution is 8.26. The maximum Gasteiger partial charge on any atom is 0.335 e. The molecule has 0 unspecified atom stereocenters. The molecule has 0 saturated carbocycles. The Morgan fingerprint density at radius 3 is 2.63 bits per heavy atom. The maximum atomic E-state index is 12.9. The van der Waals surface area contributed by atoms with Gasteiger partial charge >= 0.3 is 5.97 Å². The standard InChI is InChI=1S/C25H18Cl2N2O4S2/c26-16-7-10-19(20(27)13-16)21-4-1-3-17(28-21)14-22-23(30)29(25(34)35-22)11-2-12-33-18-8-5-15(6-9-18)24(31)32/h1,3-10,13-14H,2,11-12H2,(H,31,32)/b22-14-. The minimum Gasteiger partial charge on any atom is -0.494 e. The minimum absolute atomic E-state index is 0.178. The number of carboxylic acids is 1. The van der Waals surface area contributed by atoms with Gasteiger partial charge in [0.1, 0.15) is 10.1 Å². The van der Waals surface area contributed by atoms with Crippen molar-refractivity contribution in [1.29, 1.82) is 0 Å². The third kappa shape index (κ3) is 6.21. The molecule has 1 fully saturated rings. The summed E-state index contributed by atoms with van der Waals surface area (Å²) in [4.78, 5) is 30.5. The highest BCUT2D eigenvalue weighted by atomic mass is 35.5. The molecule has 3 aromatic rings. The maximum absolute atomic E-state index is 12.9. The van der Waals surface area contributed by atoms with Gasteiger partial charge < -0.3 is 9.84 Å². The van der Waals surface area contributed by atoms with Crippen molar-refractivity contribution < 1.29 is 19.4 Å². The first-order chi connectivity index (χ1) is 16.8. The van der Waals surface area contributed by atoms with Gasteiger partial charge in [-0.2, -0.15) is 0 Å². The molecule has 2 aromatic carbocycles. The van der Waals surface area contributed by atoms with Gasteiger partial charge in [0.2, 0.25) is 0 Å². The quantitative estimate of drug-likeness (QED) is 0.199. The lowest BCUT2D eigenvalue weighted by Crippen LogP contribution is -2.29. The van der Waals surface area contributed by atoms with Crippen LogP contribution in [0.25, 0.3) is 17.3 Å². The number of hydrogen-bond donors (Lipinski definition) is 1. The summed E-state index contributed by atoms with van der Waals surface area (Å²) in [6, 6.07) is 16.9. The second-order valence-corrected chi connectivity index (χ2v) is 9.96. The molecule has 178 valence electrons. The highest BCUT2D eigenvalue weighted by Gasteiger charge is 2.31. The van der Waals surface area contributed by atoms with Crippen molar-refractivity contribution in [2.75, 3.05) is 13.2 Å². The number of rotatable bonds is 8. The lowest BCUT2D eigenvalue weighted by atomic mass is 10.1. The van der Waals surface area contributed by atoms with E-state index in [0.717, 1.165) is 5.56 Å². The second-order valence-electron chi connectivity index (χ2n) is 7.44. The van der Waals surface area contributed by atoms with Crippen LogP contribution >= 0.6 is 47.2 Å². The molecule has 4 rings (SSSR count). The second kappa shape index (κ2) is 11.2. The third-order valence-corrected chi connectivity index (χ3v) is 6.95. The molecule has 1 aromatic heterocycles. The number of thioether (sulfide) groups is 1. The number of carbonyl (C=O) groups excluding carboxylic acids is 1. The summed E-state index contributed by atoms with van der Waals surface area (Å²) in [5, 5.41) is 9.99. The van der Waals surface area contributed by atoms with Gasteiger partial charge in [-0.25, -0.2) is 9.78 Å². The molecular weight excluding hydrogens is 527 g/mol. The van der Waals surface area contributed by atoms with Crippen LogP contribution in [0, 0.1) is 0 Å². The highest BCUT2D eigenvalue weighted by Crippen LogP contribution is 2.33. The van der Waals surface area contributed by atoms with Crippen LogP contribution in [0.5, 0.6) is 5.75 Å². The fourth-order valence-electron chi connectivity index (χ4n) is 3.31. The van der Waals surface area contributed by atoms with E-state index < -0.39 is 5.97 Å². The van der Waals surface area contributed by atoms with Gasteiger partial charge in [-0.15, -0.1) is 0 Å². The Hall–Kier alpha value is -2.91. The van der Waals surface area contributed by atoms with Crippen LogP contribution in [0.2, 0.25) is 10.0 Å². The number of aromatic carboxylic acids is 1. The molecule has 10 heteroatoms. The van der Waals surface area contributed by atoms with Crippen LogP contribution in [0.1, 0.15) is 22.5 Å². The molecule has 0 bridgehead atoms. The van der Waals surface area contributed by atoms with Gasteiger partial charge in [-0.3, -0.25) is 9.69 Å². The molecule has 0 aliphatic carbocycles. The molecule has 1 aliphatic rings. The number of halogens is 2. The van der Waals surface area contributed by atoms with E-state index >= 15 is 0 Å². The van der Waals surface area contributed by atoms with E-state index in [1.54, 1.807) is 41.3 Å². The molecule has 35 heavy (non-hydrogen) atoms. The Labute approximate surface area is 221 Å². The summed E-state index contributed by atoms with van der Waals surface area (Å²) < 4.78 is 6.12. The van der Waals surface area contributed by atoms with Crippen LogP contribution in [-0.4, -0.2) is 44.3 Å². The van der Waals surface area contributed by atoms with Gasteiger partial charge in [-0.05, 0) is 67.1 Å². The molecule has 0 radical (unpaired) electrons.